The first-order valence-corrected chi connectivity index (χ1v) is 6.67. The van der Waals surface area contributed by atoms with Crippen LogP contribution in [0.5, 0.6) is 0 Å². The molecule has 1 aromatic heterocycles. The van der Waals surface area contributed by atoms with Crippen LogP contribution in [0.3, 0.4) is 0 Å². The number of carbonyl (C=O) groups is 2. The zero-order valence-corrected chi connectivity index (χ0v) is 11.1. The number of hydrogen-bond acceptors (Lipinski definition) is 3. The third-order valence-electron chi connectivity index (χ3n) is 3.72. The van der Waals surface area contributed by atoms with Crippen molar-refractivity contribution in [2.45, 2.75) is 38.1 Å². The summed E-state index contributed by atoms with van der Waals surface area (Å²) in [6.45, 7) is 0. The summed E-state index contributed by atoms with van der Waals surface area (Å²) >= 11 is 0. The first kappa shape index (κ1) is 13.6. The number of aryl methyl sites for hydroxylation is 1. The lowest BCUT2D eigenvalue weighted by Gasteiger charge is -2.23. The molecule has 0 unspecified atom stereocenters. The van der Waals surface area contributed by atoms with E-state index in [1.807, 2.05) is 0 Å². The van der Waals surface area contributed by atoms with Gasteiger partial charge in [-0.3, -0.25) is 9.59 Å². The molecule has 0 radical (unpaired) electrons. The van der Waals surface area contributed by atoms with E-state index in [0.29, 0.717) is 5.82 Å². The lowest BCUT2D eigenvalue weighted by Crippen LogP contribution is -2.45. The molecule has 0 saturated heterocycles. The second-order valence-corrected chi connectivity index (χ2v) is 5.09. The Morgan fingerprint density at radius 1 is 1.37 bits per heavy atom. The highest BCUT2D eigenvalue weighted by Crippen LogP contribution is 2.23. The van der Waals surface area contributed by atoms with Crippen molar-refractivity contribution in [1.82, 2.24) is 14.9 Å². The number of amides is 2. The molecule has 0 bridgehead atoms. The summed E-state index contributed by atoms with van der Waals surface area (Å²) in [6.07, 6.45) is 7.92. The van der Waals surface area contributed by atoms with Crippen LogP contribution in [0.1, 0.15) is 42.7 Å². The van der Waals surface area contributed by atoms with Crippen molar-refractivity contribution in [2.75, 3.05) is 0 Å². The topological polar surface area (TPSA) is 90.0 Å². The Kier molecular flexibility index (Phi) is 4.19. The van der Waals surface area contributed by atoms with E-state index in [1.54, 1.807) is 24.0 Å². The molecule has 1 fully saturated rings. The largest absolute Gasteiger partial charge is 0.369 e. The Bertz CT molecular complexity index is 469. The van der Waals surface area contributed by atoms with Gasteiger partial charge in [-0.1, -0.05) is 19.3 Å². The van der Waals surface area contributed by atoms with E-state index in [-0.39, 0.29) is 23.8 Å². The highest BCUT2D eigenvalue weighted by Gasteiger charge is 2.30. The molecular formula is C13H20N4O2. The summed E-state index contributed by atoms with van der Waals surface area (Å²) < 4.78 is 1.66. The van der Waals surface area contributed by atoms with Gasteiger partial charge in [0.15, 0.2) is 5.82 Å². The molecular weight excluding hydrogens is 244 g/mol. The standard InChI is InChI=1S/C13H20N4O2/c1-17-8-7-15-12(17)13(19)16-10-6-4-2-3-5-9(10)11(14)18/h7-10H,2-6H2,1H3,(H2,14,18)(H,16,19)/t9-,10+/m0/s1. The molecule has 2 amide bonds. The fourth-order valence-corrected chi connectivity index (χ4v) is 2.64. The van der Waals surface area contributed by atoms with Gasteiger partial charge in [0.25, 0.3) is 5.91 Å². The molecule has 1 aromatic rings. The molecule has 2 rings (SSSR count). The zero-order chi connectivity index (χ0) is 13.8. The third kappa shape index (κ3) is 3.13. The number of imidazole rings is 1. The molecule has 6 heteroatoms. The summed E-state index contributed by atoms with van der Waals surface area (Å²) in [7, 11) is 1.76. The molecule has 6 nitrogen and oxygen atoms in total. The Morgan fingerprint density at radius 3 is 2.74 bits per heavy atom. The van der Waals surface area contributed by atoms with E-state index in [2.05, 4.69) is 10.3 Å². The van der Waals surface area contributed by atoms with Crippen LogP contribution in [0.4, 0.5) is 0 Å². The molecule has 104 valence electrons. The van der Waals surface area contributed by atoms with E-state index in [4.69, 9.17) is 5.73 Å². The highest BCUT2D eigenvalue weighted by molar-refractivity contribution is 5.91. The highest BCUT2D eigenvalue weighted by atomic mass is 16.2. The maximum Gasteiger partial charge on any atom is 0.287 e. The SMILES string of the molecule is Cn1ccnc1C(=O)N[C@@H]1CCCCC[C@@H]1C(N)=O. The molecule has 2 atom stereocenters. The molecule has 0 aromatic carbocycles. The number of nitrogens with one attached hydrogen (secondary N) is 1. The Balaban J connectivity index is 2.08. The van der Waals surface area contributed by atoms with Gasteiger partial charge in [-0.15, -0.1) is 0 Å². The van der Waals surface area contributed by atoms with Crippen LogP contribution in [0.25, 0.3) is 0 Å². The van der Waals surface area contributed by atoms with E-state index >= 15 is 0 Å². The second kappa shape index (κ2) is 5.86. The van der Waals surface area contributed by atoms with Crippen molar-refractivity contribution in [2.24, 2.45) is 18.7 Å². The third-order valence-corrected chi connectivity index (χ3v) is 3.72. The van der Waals surface area contributed by atoms with Gasteiger partial charge in [-0.2, -0.15) is 0 Å². The number of nitrogens with zero attached hydrogens (tertiary/aromatic N) is 2. The van der Waals surface area contributed by atoms with Gasteiger partial charge in [0, 0.05) is 25.5 Å². The lowest BCUT2D eigenvalue weighted by molar-refractivity contribution is -0.122. The first-order chi connectivity index (χ1) is 9.09. The number of carbonyl (C=O) groups excluding carboxylic acids is 2. The first-order valence-electron chi connectivity index (χ1n) is 6.67. The fraction of sp³-hybridized carbons (Fsp3) is 0.615. The summed E-state index contributed by atoms with van der Waals surface area (Å²) in [5, 5.41) is 2.91. The number of rotatable bonds is 3. The minimum Gasteiger partial charge on any atom is -0.369 e. The predicted octanol–water partition coefficient (Wildman–Crippen LogP) is 0.584. The Morgan fingerprint density at radius 2 is 2.11 bits per heavy atom. The van der Waals surface area contributed by atoms with Gasteiger partial charge in [0.1, 0.15) is 0 Å². The van der Waals surface area contributed by atoms with E-state index in [0.717, 1.165) is 32.1 Å². The van der Waals surface area contributed by atoms with Crippen LogP contribution in [0.15, 0.2) is 12.4 Å². The van der Waals surface area contributed by atoms with Crippen LogP contribution < -0.4 is 11.1 Å². The summed E-state index contributed by atoms with van der Waals surface area (Å²) in [4.78, 5) is 27.6. The van der Waals surface area contributed by atoms with Crippen LogP contribution in [0, 0.1) is 5.92 Å². The zero-order valence-electron chi connectivity index (χ0n) is 11.1. The molecule has 0 spiro atoms. The Labute approximate surface area is 112 Å². The molecule has 1 saturated carbocycles. The smallest absolute Gasteiger partial charge is 0.287 e. The quantitative estimate of drug-likeness (QED) is 0.783. The van der Waals surface area contributed by atoms with Crippen molar-refractivity contribution in [3.05, 3.63) is 18.2 Å². The summed E-state index contributed by atoms with van der Waals surface area (Å²) in [5.74, 6) is -0.489. The minimum absolute atomic E-state index is 0.177. The monoisotopic (exact) mass is 264 g/mol. The van der Waals surface area contributed by atoms with Crippen molar-refractivity contribution < 1.29 is 9.59 Å². The van der Waals surface area contributed by atoms with Gasteiger partial charge < -0.3 is 15.6 Å². The van der Waals surface area contributed by atoms with Crippen LogP contribution >= 0.6 is 0 Å². The number of primary amides is 1. The molecule has 3 N–H and O–H groups in total. The van der Waals surface area contributed by atoms with Crippen molar-refractivity contribution in [3.8, 4) is 0 Å². The summed E-state index contributed by atoms with van der Waals surface area (Å²) in [5.41, 5.74) is 5.44. The van der Waals surface area contributed by atoms with Crippen molar-refractivity contribution in [1.29, 1.82) is 0 Å². The molecule has 1 aliphatic carbocycles. The lowest BCUT2D eigenvalue weighted by atomic mass is 9.94. The maximum absolute atomic E-state index is 12.1. The average Bonchev–Trinajstić information content (AvgIpc) is 2.65. The minimum atomic E-state index is -0.327. The van der Waals surface area contributed by atoms with Crippen LogP contribution in [-0.4, -0.2) is 27.4 Å². The number of nitrogens with two attached hydrogens (primary N) is 1. The van der Waals surface area contributed by atoms with Gasteiger partial charge >= 0.3 is 0 Å². The molecule has 1 aliphatic rings. The van der Waals surface area contributed by atoms with Gasteiger partial charge in [0.2, 0.25) is 5.91 Å². The van der Waals surface area contributed by atoms with Crippen molar-refractivity contribution >= 4 is 11.8 Å². The van der Waals surface area contributed by atoms with Crippen LogP contribution in [0.2, 0.25) is 0 Å². The van der Waals surface area contributed by atoms with Crippen molar-refractivity contribution in [3.63, 3.8) is 0 Å². The van der Waals surface area contributed by atoms with E-state index in [9.17, 15) is 9.59 Å². The molecule has 0 aliphatic heterocycles. The van der Waals surface area contributed by atoms with E-state index in [1.165, 1.54) is 0 Å². The summed E-state index contributed by atoms with van der Waals surface area (Å²) in [6, 6.07) is -0.177. The molecule has 1 heterocycles. The fourth-order valence-electron chi connectivity index (χ4n) is 2.64. The van der Waals surface area contributed by atoms with Gasteiger partial charge in [-0.05, 0) is 12.8 Å². The predicted molar refractivity (Wildman–Crippen MR) is 70.2 cm³/mol. The average molecular weight is 264 g/mol. The number of hydrogen-bond donors (Lipinski definition) is 2. The van der Waals surface area contributed by atoms with Gasteiger partial charge in [-0.25, -0.2) is 4.98 Å². The molecule has 19 heavy (non-hydrogen) atoms. The van der Waals surface area contributed by atoms with E-state index < -0.39 is 0 Å². The normalized spacial score (nSPS) is 23.6. The maximum atomic E-state index is 12.1. The van der Waals surface area contributed by atoms with Crippen LogP contribution in [-0.2, 0) is 11.8 Å². The second-order valence-electron chi connectivity index (χ2n) is 5.09. The van der Waals surface area contributed by atoms with Gasteiger partial charge in [0.05, 0.1) is 5.92 Å². The Hall–Kier alpha value is -1.85. The number of aromatic nitrogens is 2.